The standard InChI is InChI=1S/C27H25FN2O4/c1-33-22-13-20-21(14-23(22)34-2)27(32)30-12-11-17-5-3-4-6-19(17)25(30)24(20)26(31)29-15-16-7-9-18(28)10-8-16/h3-10,13-14,24-25H,11-12,15H2,1-2H3,(H,29,31)/t24-,25+/m1/s1. The third-order valence-electron chi connectivity index (χ3n) is 6.69. The Balaban J connectivity index is 1.60. The summed E-state index contributed by atoms with van der Waals surface area (Å²) in [5, 5.41) is 3.00. The fraction of sp³-hybridized carbons (Fsp3) is 0.259. The van der Waals surface area contributed by atoms with Crippen molar-refractivity contribution in [2.24, 2.45) is 0 Å². The van der Waals surface area contributed by atoms with Crippen molar-refractivity contribution in [2.45, 2.75) is 24.9 Å². The van der Waals surface area contributed by atoms with E-state index in [-0.39, 0.29) is 24.2 Å². The second-order valence-corrected chi connectivity index (χ2v) is 8.51. The van der Waals surface area contributed by atoms with Crippen LogP contribution < -0.4 is 14.8 Å². The van der Waals surface area contributed by atoms with E-state index in [9.17, 15) is 14.0 Å². The molecular weight excluding hydrogens is 435 g/mol. The molecular formula is C27H25FN2O4. The number of amides is 2. The lowest BCUT2D eigenvalue weighted by molar-refractivity contribution is -0.124. The van der Waals surface area contributed by atoms with Crippen LogP contribution in [0, 0.1) is 5.82 Å². The summed E-state index contributed by atoms with van der Waals surface area (Å²) in [6, 6.07) is 16.9. The number of hydrogen-bond acceptors (Lipinski definition) is 4. The number of nitrogens with one attached hydrogen (secondary N) is 1. The van der Waals surface area contributed by atoms with Crippen molar-refractivity contribution in [3.8, 4) is 11.5 Å². The van der Waals surface area contributed by atoms with Crippen LogP contribution in [0.4, 0.5) is 4.39 Å². The Hall–Kier alpha value is -3.87. The molecule has 2 aliphatic heterocycles. The number of benzene rings is 3. The van der Waals surface area contributed by atoms with Gasteiger partial charge in [-0.05, 0) is 52.9 Å². The molecule has 3 aromatic rings. The van der Waals surface area contributed by atoms with E-state index in [0.29, 0.717) is 29.2 Å². The van der Waals surface area contributed by atoms with E-state index in [1.54, 1.807) is 29.2 Å². The maximum atomic E-state index is 13.7. The second-order valence-electron chi connectivity index (χ2n) is 8.51. The zero-order chi connectivity index (χ0) is 23.8. The summed E-state index contributed by atoms with van der Waals surface area (Å²) in [4.78, 5) is 29.1. The molecule has 0 radical (unpaired) electrons. The van der Waals surface area contributed by atoms with Crippen LogP contribution in [0.2, 0.25) is 0 Å². The van der Waals surface area contributed by atoms with Crippen LogP contribution >= 0.6 is 0 Å². The number of hydrogen-bond donors (Lipinski definition) is 1. The van der Waals surface area contributed by atoms with Gasteiger partial charge in [-0.3, -0.25) is 9.59 Å². The third kappa shape index (κ3) is 3.67. The van der Waals surface area contributed by atoms with E-state index in [2.05, 4.69) is 11.4 Å². The first-order valence-electron chi connectivity index (χ1n) is 11.2. The number of halogens is 1. The summed E-state index contributed by atoms with van der Waals surface area (Å²) < 4.78 is 24.2. The van der Waals surface area contributed by atoms with E-state index >= 15 is 0 Å². The van der Waals surface area contributed by atoms with Crippen LogP contribution in [0.3, 0.4) is 0 Å². The number of nitrogens with zero attached hydrogens (tertiary/aromatic N) is 1. The van der Waals surface area contributed by atoms with Gasteiger partial charge in [-0.2, -0.15) is 0 Å². The van der Waals surface area contributed by atoms with E-state index in [1.807, 2.05) is 18.2 Å². The van der Waals surface area contributed by atoms with Gasteiger partial charge in [-0.1, -0.05) is 36.4 Å². The number of fused-ring (bicyclic) bond motifs is 4. The summed E-state index contributed by atoms with van der Waals surface area (Å²) in [5.74, 6) is -0.409. The monoisotopic (exact) mass is 460 g/mol. The minimum atomic E-state index is -0.644. The van der Waals surface area contributed by atoms with E-state index in [0.717, 1.165) is 23.1 Å². The lowest BCUT2D eigenvalue weighted by Gasteiger charge is -2.45. The van der Waals surface area contributed by atoms with Crippen molar-refractivity contribution in [1.29, 1.82) is 0 Å². The normalized spacial score (nSPS) is 18.4. The smallest absolute Gasteiger partial charge is 0.254 e. The van der Waals surface area contributed by atoms with Gasteiger partial charge < -0.3 is 19.7 Å². The maximum Gasteiger partial charge on any atom is 0.254 e. The first kappa shape index (κ1) is 21.9. The van der Waals surface area contributed by atoms with Crippen molar-refractivity contribution in [3.05, 3.63) is 94.3 Å². The summed E-state index contributed by atoms with van der Waals surface area (Å²) in [5.41, 5.74) is 3.95. The number of carbonyl (C=O) groups excluding carboxylic acids is 2. The van der Waals surface area contributed by atoms with Crippen molar-refractivity contribution >= 4 is 11.8 Å². The first-order valence-corrected chi connectivity index (χ1v) is 11.2. The van der Waals surface area contributed by atoms with Crippen LogP contribution in [-0.2, 0) is 17.8 Å². The lowest BCUT2D eigenvalue weighted by Crippen LogP contribution is -2.50. The van der Waals surface area contributed by atoms with Gasteiger partial charge in [-0.25, -0.2) is 4.39 Å². The van der Waals surface area contributed by atoms with Gasteiger partial charge in [0.1, 0.15) is 5.82 Å². The molecule has 0 aromatic heterocycles. The first-order chi connectivity index (χ1) is 16.5. The predicted octanol–water partition coefficient (Wildman–Crippen LogP) is 4.00. The molecule has 3 aromatic carbocycles. The van der Waals surface area contributed by atoms with Crippen LogP contribution in [0.5, 0.6) is 11.5 Å². The molecule has 174 valence electrons. The Kier molecular flexibility index (Phi) is 5.69. The van der Waals surface area contributed by atoms with Crippen molar-refractivity contribution in [3.63, 3.8) is 0 Å². The topological polar surface area (TPSA) is 67.9 Å². The average Bonchev–Trinajstić information content (AvgIpc) is 2.87. The molecule has 0 saturated heterocycles. The molecule has 0 spiro atoms. The average molecular weight is 461 g/mol. The van der Waals surface area contributed by atoms with Crippen LogP contribution in [0.1, 0.15) is 44.6 Å². The van der Waals surface area contributed by atoms with E-state index < -0.39 is 12.0 Å². The number of ether oxygens (including phenoxy) is 2. The van der Waals surface area contributed by atoms with Crippen LogP contribution in [0.25, 0.3) is 0 Å². The number of carbonyl (C=O) groups is 2. The maximum absolute atomic E-state index is 13.7. The molecule has 0 aliphatic carbocycles. The predicted molar refractivity (Wildman–Crippen MR) is 124 cm³/mol. The molecule has 0 fully saturated rings. The quantitative estimate of drug-likeness (QED) is 0.625. The lowest BCUT2D eigenvalue weighted by atomic mass is 9.75. The molecule has 2 atom stereocenters. The molecule has 2 aliphatic rings. The summed E-state index contributed by atoms with van der Waals surface area (Å²) in [7, 11) is 3.05. The zero-order valence-electron chi connectivity index (χ0n) is 19.0. The molecule has 0 bridgehead atoms. The Morgan fingerprint density at radius 1 is 1.03 bits per heavy atom. The van der Waals surface area contributed by atoms with Gasteiger partial charge >= 0.3 is 0 Å². The highest BCUT2D eigenvalue weighted by Gasteiger charge is 2.46. The van der Waals surface area contributed by atoms with Crippen molar-refractivity contribution in [1.82, 2.24) is 10.2 Å². The van der Waals surface area contributed by atoms with Gasteiger partial charge in [0, 0.05) is 18.7 Å². The largest absolute Gasteiger partial charge is 0.493 e. The zero-order valence-corrected chi connectivity index (χ0v) is 19.0. The van der Waals surface area contributed by atoms with E-state index in [1.165, 1.54) is 26.4 Å². The number of methoxy groups -OCH3 is 2. The minimum Gasteiger partial charge on any atom is -0.493 e. The minimum absolute atomic E-state index is 0.127. The van der Waals surface area contributed by atoms with Crippen LogP contribution in [-0.4, -0.2) is 37.5 Å². The molecule has 0 unspecified atom stereocenters. The fourth-order valence-corrected chi connectivity index (χ4v) is 5.03. The molecule has 7 heteroatoms. The molecule has 2 amide bonds. The van der Waals surface area contributed by atoms with Gasteiger partial charge in [0.25, 0.3) is 5.91 Å². The van der Waals surface area contributed by atoms with Gasteiger partial charge in [0.15, 0.2) is 11.5 Å². The highest BCUT2D eigenvalue weighted by atomic mass is 19.1. The third-order valence-corrected chi connectivity index (χ3v) is 6.69. The molecule has 1 N–H and O–H groups in total. The summed E-state index contributed by atoms with van der Waals surface area (Å²) in [6.07, 6.45) is 0.727. The molecule has 5 rings (SSSR count). The van der Waals surface area contributed by atoms with Gasteiger partial charge in [0.05, 0.1) is 26.2 Å². The summed E-state index contributed by atoms with van der Waals surface area (Å²) >= 11 is 0. The summed E-state index contributed by atoms with van der Waals surface area (Å²) in [6.45, 7) is 0.774. The molecule has 0 saturated carbocycles. The van der Waals surface area contributed by atoms with E-state index in [4.69, 9.17) is 9.47 Å². The highest BCUT2D eigenvalue weighted by molar-refractivity contribution is 6.02. The van der Waals surface area contributed by atoms with Gasteiger partial charge in [-0.15, -0.1) is 0 Å². The Bertz CT molecular complexity index is 1260. The fourth-order valence-electron chi connectivity index (χ4n) is 5.03. The van der Waals surface area contributed by atoms with Crippen molar-refractivity contribution < 1.29 is 23.5 Å². The second kappa shape index (κ2) is 8.82. The Labute approximate surface area is 197 Å². The van der Waals surface area contributed by atoms with Crippen molar-refractivity contribution in [2.75, 3.05) is 20.8 Å². The molecule has 6 nitrogen and oxygen atoms in total. The van der Waals surface area contributed by atoms with Gasteiger partial charge in [0.2, 0.25) is 5.91 Å². The Morgan fingerprint density at radius 2 is 1.74 bits per heavy atom. The number of rotatable bonds is 5. The van der Waals surface area contributed by atoms with Crippen LogP contribution in [0.15, 0.2) is 60.7 Å². The SMILES string of the molecule is COc1cc2c(cc1OC)[C@@H](C(=O)NCc1ccc(F)cc1)[C@@H]1c3ccccc3CCN1C2=O. The molecule has 34 heavy (non-hydrogen) atoms. The Morgan fingerprint density at radius 3 is 2.47 bits per heavy atom. The molecule has 2 heterocycles. The highest BCUT2D eigenvalue weighted by Crippen LogP contribution is 2.48.